The molecule has 2 nitrogen and oxygen atoms in total. The zero-order valence-corrected chi connectivity index (χ0v) is 14.2. The molecule has 0 aliphatic heterocycles. The molecule has 21 heavy (non-hydrogen) atoms. The van der Waals surface area contributed by atoms with Crippen molar-refractivity contribution >= 4 is 0 Å². The molecule has 2 rings (SSSR count). The summed E-state index contributed by atoms with van der Waals surface area (Å²) < 4.78 is 0. The molecular weight excluding hydrogens is 256 g/mol. The lowest BCUT2D eigenvalue weighted by Crippen LogP contribution is -2.37. The summed E-state index contributed by atoms with van der Waals surface area (Å²) in [5.74, 6) is 1.55. The standard InChI is InChI=1S/C19H32N2/c1-5-20-19(14-21(4)13-16-7-6-8-16)18-11-9-17(10-12-18)15(2)3/h9-12,15-16,19-20H,5-8,13-14H2,1-4H3. The van der Waals surface area contributed by atoms with Crippen molar-refractivity contribution < 1.29 is 0 Å². The Morgan fingerprint density at radius 2 is 1.76 bits per heavy atom. The van der Waals surface area contributed by atoms with E-state index in [0.29, 0.717) is 12.0 Å². The maximum absolute atomic E-state index is 3.65. The number of nitrogens with zero attached hydrogens (tertiary/aromatic N) is 1. The van der Waals surface area contributed by atoms with Crippen molar-refractivity contribution in [3.63, 3.8) is 0 Å². The van der Waals surface area contributed by atoms with E-state index in [2.05, 4.69) is 62.3 Å². The van der Waals surface area contributed by atoms with Gasteiger partial charge in [-0.25, -0.2) is 0 Å². The van der Waals surface area contributed by atoms with Crippen molar-refractivity contribution in [1.82, 2.24) is 10.2 Å². The van der Waals surface area contributed by atoms with Crippen LogP contribution in [0.4, 0.5) is 0 Å². The average molecular weight is 288 g/mol. The summed E-state index contributed by atoms with van der Waals surface area (Å²) in [6.07, 6.45) is 4.30. The highest BCUT2D eigenvalue weighted by Gasteiger charge is 2.21. The summed E-state index contributed by atoms with van der Waals surface area (Å²) in [7, 11) is 2.27. The largest absolute Gasteiger partial charge is 0.309 e. The number of hydrogen-bond acceptors (Lipinski definition) is 2. The number of likely N-dealkylation sites (N-methyl/N-ethyl adjacent to an activating group) is 2. The second kappa shape index (κ2) is 7.95. The van der Waals surface area contributed by atoms with Gasteiger partial charge < -0.3 is 10.2 Å². The van der Waals surface area contributed by atoms with Gasteiger partial charge in [0.05, 0.1) is 0 Å². The smallest absolute Gasteiger partial charge is 0.0449 e. The van der Waals surface area contributed by atoms with Gasteiger partial charge in [0.2, 0.25) is 0 Å². The summed E-state index contributed by atoms with van der Waals surface area (Å²) in [5.41, 5.74) is 2.85. The van der Waals surface area contributed by atoms with Gasteiger partial charge in [-0.3, -0.25) is 0 Å². The fourth-order valence-electron chi connectivity index (χ4n) is 3.15. The minimum atomic E-state index is 0.446. The Balaban J connectivity index is 1.96. The predicted molar refractivity (Wildman–Crippen MR) is 91.8 cm³/mol. The molecule has 1 aliphatic rings. The van der Waals surface area contributed by atoms with Gasteiger partial charge in [-0.15, -0.1) is 0 Å². The van der Waals surface area contributed by atoms with E-state index in [1.807, 2.05) is 0 Å². The van der Waals surface area contributed by atoms with Crippen molar-refractivity contribution in [2.75, 3.05) is 26.7 Å². The first-order chi connectivity index (χ1) is 10.1. The monoisotopic (exact) mass is 288 g/mol. The van der Waals surface area contributed by atoms with Crippen LogP contribution in [0.15, 0.2) is 24.3 Å². The van der Waals surface area contributed by atoms with E-state index in [1.54, 1.807) is 0 Å². The van der Waals surface area contributed by atoms with Crippen LogP contribution in [0.25, 0.3) is 0 Å². The fraction of sp³-hybridized carbons (Fsp3) is 0.684. The number of benzene rings is 1. The molecule has 1 N–H and O–H groups in total. The number of rotatable bonds is 8. The number of nitrogens with one attached hydrogen (secondary N) is 1. The highest BCUT2D eigenvalue weighted by Crippen LogP contribution is 2.27. The maximum atomic E-state index is 3.65. The van der Waals surface area contributed by atoms with E-state index < -0.39 is 0 Å². The Labute approximate surface area is 130 Å². The third-order valence-corrected chi connectivity index (χ3v) is 4.74. The first-order valence-electron chi connectivity index (χ1n) is 8.62. The van der Waals surface area contributed by atoms with Crippen LogP contribution >= 0.6 is 0 Å². The topological polar surface area (TPSA) is 15.3 Å². The summed E-state index contributed by atoms with van der Waals surface area (Å²) in [6.45, 7) is 10.1. The number of hydrogen-bond donors (Lipinski definition) is 1. The third kappa shape index (κ3) is 4.82. The Kier molecular flexibility index (Phi) is 6.25. The average Bonchev–Trinajstić information content (AvgIpc) is 2.42. The summed E-state index contributed by atoms with van der Waals surface area (Å²) >= 11 is 0. The highest BCUT2D eigenvalue weighted by atomic mass is 15.1. The molecule has 0 saturated heterocycles. The Morgan fingerprint density at radius 3 is 2.24 bits per heavy atom. The molecule has 0 heterocycles. The SMILES string of the molecule is CCNC(CN(C)CC1CCC1)c1ccc(C(C)C)cc1. The van der Waals surface area contributed by atoms with E-state index >= 15 is 0 Å². The zero-order valence-electron chi connectivity index (χ0n) is 14.2. The third-order valence-electron chi connectivity index (χ3n) is 4.74. The van der Waals surface area contributed by atoms with Gasteiger partial charge in [0, 0.05) is 19.1 Å². The molecule has 2 heteroatoms. The van der Waals surface area contributed by atoms with Crippen LogP contribution in [0.1, 0.15) is 63.1 Å². The first-order valence-corrected chi connectivity index (χ1v) is 8.62. The molecular formula is C19H32N2. The normalized spacial score (nSPS) is 17.2. The van der Waals surface area contributed by atoms with Crippen LogP contribution in [0.3, 0.4) is 0 Å². The van der Waals surface area contributed by atoms with Crippen LogP contribution < -0.4 is 5.32 Å². The fourth-order valence-corrected chi connectivity index (χ4v) is 3.15. The van der Waals surface area contributed by atoms with Crippen molar-refractivity contribution in [1.29, 1.82) is 0 Å². The molecule has 1 saturated carbocycles. The van der Waals surface area contributed by atoms with Gasteiger partial charge in [0.15, 0.2) is 0 Å². The van der Waals surface area contributed by atoms with Gasteiger partial charge in [0.1, 0.15) is 0 Å². The minimum absolute atomic E-state index is 0.446. The second-order valence-corrected chi connectivity index (χ2v) is 6.95. The molecule has 1 aromatic rings. The Morgan fingerprint density at radius 1 is 1.14 bits per heavy atom. The molecule has 1 unspecified atom stereocenters. The Hall–Kier alpha value is -0.860. The molecule has 0 spiro atoms. The van der Waals surface area contributed by atoms with Crippen LogP contribution in [0.2, 0.25) is 0 Å². The zero-order chi connectivity index (χ0) is 15.2. The molecule has 0 radical (unpaired) electrons. The van der Waals surface area contributed by atoms with Gasteiger partial charge in [-0.2, -0.15) is 0 Å². The molecule has 118 valence electrons. The minimum Gasteiger partial charge on any atom is -0.309 e. The molecule has 0 aromatic heterocycles. The van der Waals surface area contributed by atoms with Crippen LogP contribution in [0.5, 0.6) is 0 Å². The van der Waals surface area contributed by atoms with Crippen LogP contribution in [-0.4, -0.2) is 31.6 Å². The lowest BCUT2D eigenvalue weighted by atomic mass is 9.85. The van der Waals surface area contributed by atoms with E-state index in [4.69, 9.17) is 0 Å². The quantitative estimate of drug-likeness (QED) is 0.771. The molecule has 1 aromatic carbocycles. The molecule has 1 atom stereocenters. The maximum Gasteiger partial charge on any atom is 0.0449 e. The second-order valence-electron chi connectivity index (χ2n) is 6.95. The van der Waals surface area contributed by atoms with Crippen molar-refractivity contribution in [2.24, 2.45) is 5.92 Å². The van der Waals surface area contributed by atoms with Gasteiger partial charge in [-0.05, 0) is 49.4 Å². The van der Waals surface area contributed by atoms with Gasteiger partial charge in [-0.1, -0.05) is 51.5 Å². The Bertz CT molecular complexity index is 406. The molecule has 1 aliphatic carbocycles. The first kappa shape index (κ1) is 16.5. The van der Waals surface area contributed by atoms with Crippen molar-refractivity contribution in [2.45, 2.75) is 52.0 Å². The summed E-state index contributed by atoms with van der Waals surface area (Å²) in [4.78, 5) is 2.51. The highest BCUT2D eigenvalue weighted by molar-refractivity contribution is 5.27. The molecule has 0 amide bonds. The van der Waals surface area contributed by atoms with E-state index in [1.165, 1.54) is 36.9 Å². The van der Waals surface area contributed by atoms with Gasteiger partial charge >= 0.3 is 0 Å². The van der Waals surface area contributed by atoms with Crippen molar-refractivity contribution in [3.05, 3.63) is 35.4 Å². The summed E-state index contributed by atoms with van der Waals surface area (Å²) in [6, 6.07) is 9.63. The van der Waals surface area contributed by atoms with E-state index in [9.17, 15) is 0 Å². The van der Waals surface area contributed by atoms with Crippen LogP contribution in [-0.2, 0) is 0 Å². The molecule has 1 fully saturated rings. The van der Waals surface area contributed by atoms with Gasteiger partial charge in [0.25, 0.3) is 0 Å². The summed E-state index contributed by atoms with van der Waals surface area (Å²) in [5, 5.41) is 3.65. The lowest BCUT2D eigenvalue weighted by molar-refractivity contribution is 0.192. The predicted octanol–water partition coefficient (Wildman–Crippen LogP) is 4.19. The van der Waals surface area contributed by atoms with Crippen molar-refractivity contribution in [3.8, 4) is 0 Å². The molecule has 0 bridgehead atoms. The lowest BCUT2D eigenvalue weighted by Gasteiger charge is -2.32. The van der Waals surface area contributed by atoms with E-state index in [-0.39, 0.29) is 0 Å². The van der Waals surface area contributed by atoms with E-state index in [0.717, 1.165) is 19.0 Å². The van der Waals surface area contributed by atoms with Crippen LogP contribution in [0, 0.1) is 5.92 Å².